The molecule has 0 heterocycles. The van der Waals surface area contributed by atoms with Crippen LogP contribution >= 0.6 is 0 Å². The van der Waals surface area contributed by atoms with Crippen molar-refractivity contribution in [2.45, 2.75) is 6.42 Å². The summed E-state index contributed by atoms with van der Waals surface area (Å²) < 4.78 is 5.25. The van der Waals surface area contributed by atoms with Crippen molar-refractivity contribution < 1.29 is 4.74 Å². The lowest BCUT2D eigenvalue weighted by Crippen LogP contribution is -2.18. The summed E-state index contributed by atoms with van der Waals surface area (Å²) in [4.78, 5) is 2.14. The molecule has 1 aromatic rings. The van der Waals surface area contributed by atoms with E-state index in [9.17, 15) is 0 Å². The standard InChI is InChI=1S/C11H16NO/c1-4-9-12(2)10-7-5-6-8-11(10)13-3/h5-8H,1,4,9H2,2-3H3. The third kappa shape index (κ3) is 2.38. The molecule has 0 N–H and O–H groups in total. The number of benzene rings is 1. The van der Waals surface area contributed by atoms with Crippen molar-refractivity contribution in [3.05, 3.63) is 31.2 Å². The molecule has 0 fully saturated rings. The summed E-state index contributed by atoms with van der Waals surface area (Å²) in [5.41, 5.74) is 1.12. The van der Waals surface area contributed by atoms with Crippen molar-refractivity contribution in [1.82, 2.24) is 0 Å². The van der Waals surface area contributed by atoms with Gasteiger partial charge in [-0.25, -0.2) is 0 Å². The summed E-state index contributed by atoms with van der Waals surface area (Å²) in [5.74, 6) is 0.915. The minimum atomic E-state index is 0.897. The van der Waals surface area contributed by atoms with Crippen molar-refractivity contribution in [2.75, 3.05) is 25.6 Å². The molecular weight excluding hydrogens is 162 g/mol. The molecule has 0 saturated heterocycles. The molecule has 0 atom stereocenters. The van der Waals surface area contributed by atoms with Gasteiger partial charge in [0.1, 0.15) is 5.75 Å². The van der Waals surface area contributed by atoms with Gasteiger partial charge in [0.2, 0.25) is 0 Å². The molecule has 2 nitrogen and oxygen atoms in total. The van der Waals surface area contributed by atoms with Crippen LogP contribution in [0.15, 0.2) is 24.3 Å². The van der Waals surface area contributed by atoms with Crippen LogP contribution in [-0.2, 0) is 0 Å². The third-order valence-electron chi connectivity index (χ3n) is 1.99. The van der Waals surface area contributed by atoms with Crippen molar-refractivity contribution in [3.63, 3.8) is 0 Å². The topological polar surface area (TPSA) is 12.5 Å². The van der Waals surface area contributed by atoms with Crippen molar-refractivity contribution >= 4 is 5.69 Å². The molecule has 13 heavy (non-hydrogen) atoms. The Hall–Kier alpha value is -1.18. The highest BCUT2D eigenvalue weighted by Crippen LogP contribution is 2.26. The quantitative estimate of drug-likeness (QED) is 0.701. The van der Waals surface area contributed by atoms with Gasteiger partial charge >= 0.3 is 0 Å². The zero-order valence-electron chi connectivity index (χ0n) is 8.29. The van der Waals surface area contributed by atoms with Crippen LogP contribution in [0.4, 0.5) is 5.69 Å². The Morgan fingerprint density at radius 2 is 2.08 bits per heavy atom. The van der Waals surface area contributed by atoms with E-state index < -0.39 is 0 Å². The van der Waals surface area contributed by atoms with Gasteiger partial charge in [0.25, 0.3) is 0 Å². The van der Waals surface area contributed by atoms with E-state index in [1.165, 1.54) is 0 Å². The van der Waals surface area contributed by atoms with E-state index in [4.69, 9.17) is 4.74 Å². The highest BCUT2D eigenvalue weighted by Gasteiger charge is 2.04. The van der Waals surface area contributed by atoms with Gasteiger partial charge < -0.3 is 9.64 Å². The fraction of sp³-hybridized carbons (Fsp3) is 0.364. The minimum absolute atomic E-state index is 0.897. The average molecular weight is 178 g/mol. The molecule has 1 rings (SSSR count). The summed E-state index contributed by atoms with van der Waals surface area (Å²) in [5, 5.41) is 0. The molecule has 2 heteroatoms. The van der Waals surface area contributed by atoms with Crippen LogP contribution in [0, 0.1) is 6.92 Å². The second kappa shape index (κ2) is 4.75. The van der Waals surface area contributed by atoms with E-state index in [-0.39, 0.29) is 0 Å². The number of anilines is 1. The summed E-state index contributed by atoms with van der Waals surface area (Å²) in [6, 6.07) is 8.00. The molecule has 0 aliphatic carbocycles. The first kappa shape index (κ1) is 9.90. The van der Waals surface area contributed by atoms with E-state index >= 15 is 0 Å². The third-order valence-corrected chi connectivity index (χ3v) is 1.99. The van der Waals surface area contributed by atoms with Crippen molar-refractivity contribution in [3.8, 4) is 5.75 Å². The van der Waals surface area contributed by atoms with Gasteiger partial charge in [0.05, 0.1) is 12.8 Å². The zero-order chi connectivity index (χ0) is 9.68. The van der Waals surface area contributed by atoms with Gasteiger partial charge in [-0.3, -0.25) is 0 Å². The summed E-state index contributed by atoms with van der Waals surface area (Å²) in [7, 11) is 3.74. The Balaban J connectivity index is 2.85. The molecule has 0 aliphatic heterocycles. The smallest absolute Gasteiger partial charge is 0.142 e. The molecule has 0 saturated carbocycles. The number of hydrogen-bond acceptors (Lipinski definition) is 2. The van der Waals surface area contributed by atoms with Crippen LogP contribution in [0.1, 0.15) is 6.42 Å². The number of hydrogen-bond donors (Lipinski definition) is 0. The summed E-state index contributed by atoms with van der Waals surface area (Å²) >= 11 is 0. The van der Waals surface area contributed by atoms with Crippen LogP contribution < -0.4 is 9.64 Å². The molecule has 0 amide bonds. The number of rotatable bonds is 4. The van der Waals surface area contributed by atoms with Crippen LogP contribution in [-0.4, -0.2) is 20.7 Å². The molecule has 0 aliphatic rings. The van der Waals surface area contributed by atoms with Crippen molar-refractivity contribution in [1.29, 1.82) is 0 Å². The molecule has 0 bridgehead atoms. The Morgan fingerprint density at radius 3 is 2.69 bits per heavy atom. The normalized spacial score (nSPS) is 9.77. The molecule has 0 unspecified atom stereocenters. The average Bonchev–Trinajstić information content (AvgIpc) is 2.18. The highest BCUT2D eigenvalue weighted by atomic mass is 16.5. The minimum Gasteiger partial charge on any atom is -0.495 e. The SMILES string of the molecule is [CH2]CCN(C)c1ccccc1OC. The molecule has 0 spiro atoms. The fourth-order valence-corrected chi connectivity index (χ4v) is 1.30. The number of ether oxygens (including phenoxy) is 1. The van der Waals surface area contributed by atoms with E-state index in [1.54, 1.807) is 7.11 Å². The lowest BCUT2D eigenvalue weighted by atomic mass is 10.2. The first-order valence-corrected chi connectivity index (χ1v) is 4.43. The largest absolute Gasteiger partial charge is 0.495 e. The van der Waals surface area contributed by atoms with E-state index in [1.807, 2.05) is 25.2 Å². The second-order valence-corrected chi connectivity index (χ2v) is 2.95. The van der Waals surface area contributed by atoms with Gasteiger partial charge in [-0.05, 0) is 18.6 Å². The van der Waals surface area contributed by atoms with Crippen LogP contribution in [0.5, 0.6) is 5.75 Å². The van der Waals surface area contributed by atoms with Gasteiger partial charge in [0.15, 0.2) is 0 Å². The van der Waals surface area contributed by atoms with E-state index in [2.05, 4.69) is 17.9 Å². The number of para-hydroxylation sites is 2. The molecule has 71 valence electrons. The summed E-state index contributed by atoms with van der Waals surface area (Å²) in [6.45, 7) is 4.77. The molecular formula is C11H16NO. The number of methoxy groups -OCH3 is 1. The first-order chi connectivity index (χ1) is 6.29. The van der Waals surface area contributed by atoms with E-state index in [0.29, 0.717) is 0 Å². The van der Waals surface area contributed by atoms with E-state index in [0.717, 1.165) is 24.4 Å². The Kier molecular flexibility index (Phi) is 3.62. The zero-order valence-corrected chi connectivity index (χ0v) is 8.29. The monoisotopic (exact) mass is 178 g/mol. The Bertz CT molecular complexity index is 260. The maximum atomic E-state index is 5.25. The first-order valence-electron chi connectivity index (χ1n) is 4.43. The number of nitrogens with zero attached hydrogens (tertiary/aromatic N) is 1. The lowest BCUT2D eigenvalue weighted by Gasteiger charge is -2.20. The van der Waals surface area contributed by atoms with Gasteiger partial charge in [-0.15, -0.1) is 0 Å². The Labute approximate surface area is 80.1 Å². The predicted molar refractivity (Wildman–Crippen MR) is 56.2 cm³/mol. The van der Waals surface area contributed by atoms with Gasteiger partial charge in [-0.1, -0.05) is 19.1 Å². The molecule has 1 aromatic carbocycles. The molecule has 1 radical (unpaired) electrons. The maximum Gasteiger partial charge on any atom is 0.142 e. The van der Waals surface area contributed by atoms with Gasteiger partial charge in [-0.2, -0.15) is 0 Å². The van der Waals surface area contributed by atoms with Crippen LogP contribution in [0.3, 0.4) is 0 Å². The predicted octanol–water partition coefficient (Wildman–Crippen LogP) is 2.36. The summed E-state index contributed by atoms with van der Waals surface area (Å²) in [6.07, 6.45) is 0.897. The van der Waals surface area contributed by atoms with Gasteiger partial charge in [0, 0.05) is 13.6 Å². The Morgan fingerprint density at radius 1 is 1.38 bits per heavy atom. The second-order valence-electron chi connectivity index (χ2n) is 2.95. The van der Waals surface area contributed by atoms with Crippen LogP contribution in [0.2, 0.25) is 0 Å². The fourth-order valence-electron chi connectivity index (χ4n) is 1.30. The maximum absolute atomic E-state index is 5.25. The molecule has 0 aromatic heterocycles. The van der Waals surface area contributed by atoms with Crippen molar-refractivity contribution in [2.24, 2.45) is 0 Å². The lowest BCUT2D eigenvalue weighted by molar-refractivity contribution is 0.415. The highest BCUT2D eigenvalue weighted by molar-refractivity contribution is 5.57. The van der Waals surface area contributed by atoms with Crippen LogP contribution in [0.25, 0.3) is 0 Å².